The number of aliphatic hydroxyl groups excluding tert-OH is 1. The largest absolute Gasteiger partial charge is 0.392 e. The minimum absolute atomic E-state index is 0.0681. The van der Waals surface area contributed by atoms with Crippen LogP contribution in [0.5, 0.6) is 0 Å². The number of β-amino-alcohol motifs (C(OH)–C–C–N with tert-alkyl or cyclic N) is 1. The van der Waals surface area contributed by atoms with Gasteiger partial charge in [0.15, 0.2) is 0 Å². The normalized spacial score (nSPS) is 27.6. The predicted octanol–water partition coefficient (Wildman–Crippen LogP) is 1.35. The van der Waals surface area contributed by atoms with Gasteiger partial charge < -0.3 is 5.11 Å². The highest BCUT2D eigenvalue weighted by molar-refractivity contribution is 6.06. The van der Waals surface area contributed by atoms with Gasteiger partial charge in [0.05, 0.1) is 18.7 Å². The molecule has 3 heterocycles. The maximum Gasteiger partial charge on any atom is 0.252 e. The van der Waals surface area contributed by atoms with Gasteiger partial charge in [-0.3, -0.25) is 24.3 Å². The van der Waals surface area contributed by atoms with E-state index in [1.54, 1.807) is 18.2 Å². The number of carbonyl (C=O) groups excluding carboxylic acids is 2. The molecule has 0 aromatic heterocycles. The molecule has 2 aromatic rings. The third kappa shape index (κ3) is 2.88. The van der Waals surface area contributed by atoms with Crippen molar-refractivity contribution >= 4 is 11.8 Å². The molecule has 2 atom stereocenters. The molecule has 6 rings (SSSR count). The lowest BCUT2D eigenvalue weighted by atomic mass is 9.81. The molecule has 7 heteroatoms. The van der Waals surface area contributed by atoms with Crippen molar-refractivity contribution in [3.05, 3.63) is 71.0 Å². The standard InChI is InChI=1S/C25H26FN3O3/c26-21-8-4-3-7-18(21)12-28-23(31)22-11-20(30)13-29(22)25(24(28)32)14-27(15-25)19-9-16-5-1-2-6-17(16)10-19/h1-8,19-20,22,30H,9-15H2/t20-,22+/m1/s1. The average Bonchev–Trinajstić information content (AvgIpc) is 3.35. The molecule has 1 N–H and O–H groups in total. The number of hydrogen-bond acceptors (Lipinski definition) is 5. The van der Waals surface area contributed by atoms with E-state index in [0.29, 0.717) is 37.7 Å². The number of amides is 2. The Balaban J connectivity index is 1.27. The zero-order valence-electron chi connectivity index (χ0n) is 17.8. The fraction of sp³-hybridized carbons (Fsp3) is 0.440. The van der Waals surface area contributed by atoms with Crippen LogP contribution in [0.25, 0.3) is 0 Å². The molecule has 3 aliphatic heterocycles. The molecule has 4 aliphatic rings. The van der Waals surface area contributed by atoms with Crippen molar-refractivity contribution < 1.29 is 19.1 Å². The van der Waals surface area contributed by atoms with Crippen molar-refractivity contribution in [3.63, 3.8) is 0 Å². The molecule has 3 fully saturated rings. The smallest absolute Gasteiger partial charge is 0.252 e. The van der Waals surface area contributed by atoms with E-state index in [-0.39, 0.29) is 18.4 Å². The maximum atomic E-state index is 14.3. The zero-order valence-corrected chi connectivity index (χ0v) is 17.8. The van der Waals surface area contributed by atoms with Gasteiger partial charge in [-0.1, -0.05) is 42.5 Å². The Morgan fingerprint density at radius 1 is 1.00 bits per heavy atom. The van der Waals surface area contributed by atoms with Crippen LogP contribution in [0.3, 0.4) is 0 Å². The summed E-state index contributed by atoms with van der Waals surface area (Å²) in [6.45, 7) is 1.33. The van der Waals surface area contributed by atoms with Crippen LogP contribution in [0, 0.1) is 5.82 Å². The highest BCUT2D eigenvalue weighted by Crippen LogP contribution is 2.43. The molecular weight excluding hydrogens is 409 g/mol. The van der Waals surface area contributed by atoms with Crippen molar-refractivity contribution in [2.75, 3.05) is 19.6 Å². The molecule has 0 bridgehead atoms. The Hall–Kier alpha value is -2.61. The molecule has 6 nitrogen and oxygen atoms in total. The number of hydrogen-bond donors (Lipinski definition) is 1. The number of imide groups is 1. The summed E-state index contributed by atoms with van der Waals surface area (Å²) in [5.41, 5.74) is 2.23. The van der Waals surface area contributed by atoms with E-state index in [0.717, 1.165) is 12.8 Å². The van der Waals surface area contributed by atoms with Crippen LogP contribution in [0.15, 0.2) is 48.5 Å². The van der Waals surface area contributed by atoms with Crippen LogP contribution in [0.2, 0.25) is 0 Å². The number of piperazine rings is 1. The summed E-state index contributed by atoms with van der Waals surface area (Å²) in [5.74, 6) is -1.01. The van der Waals surface area contributed by atoms with E-state index in [1.165, 1.54) is 22.1 Å². The summed E-state index contributed by atoms with van der Waals surface area (Å²) >= 11 is 0. The topological polar surface area (TPSA) is 64.1 Å². The van der Waals surface area contributed by atoms with Crippen molar-refractivity contribution in [2.24, 2.45) is 0 Å². The molecule has 0 radical (unpaired) electrons. The van der Waals surface area contributed by atoms with E-state index in [2.05, 4.69) is 29.2 Å². The van der Waals surface area contributed by atoms with Crippen LogP contribution >= 0.6 is 0 Å². The van der Waals surface area contributed by atoms with E-state index < -0.39 is 23.5 Å². The van der Waals surface area contributed by atoms with Gasteiger partial charge in [-0.15, -0.1) is 0 Å². The van der Waals surface area contributed by atoms with Crippen molar-refractivity contribution in [3.8, 4) is 0 Å². The summed E-state index contributed by atoms with van der Waals surface area (Å²) in [6, 6.07) is 14.5. The van der Waals surface area contributed by atoms with Gasteiger partial charge >= 0.3 is 0 Å². The first kappa shape index (κ1) is 20.0. The van der Waals surface area contributed by atoms with E-state index >= 15 is 0 Å². The minimum Gasteiger partial charge on any atom is -0.392 e. The van der Waals surface area contributed by atoms with Gasteiger partial charge in [-0.2, -0.15) is 0 Å². The number of fused-ring (bicyclic) bond motifs is 3. The number of aliphatic hydroxyl groups is 1. The maximum absolute atomic E-state index is 14.3. The highest BCUT2D eigenvalue weighted by atomic mass is 19.1. The molecule has 32 heavy (non-hydrogen) atoms. The van der Waals surface area contributed by atoms with Crippen molar-refractivity contribution in [1.29, 1.82) is 0 Å². The summed E-state index contributed by atoms with van der Waals surface area (Å²) in [7, 11) is 0. The van der Waals surface area contributed by atoms with Gasteiger partial charge in [0.25, 0.3) is 5.91 Å². The van der Waals surface area contributed by atoms with Gasteiger partial charge in [-0.25, -0.2) is 4.39 Å². The van der Waals surface area contributed by atoms with Gasteiger partial charge in [0, 0.05) is 31.2 Å². The van der Waals surface area contributed by atoms with Gasteiger partial charge in [0.2, 0.25) is 5.91 Å². The molecule has 2 amide bonds. The number of halogens is 1. The molecular formula is C25H26FN3O3. The third-order valence-corrected chi connectivity index (χ3v) is 7.78. The Bertz CT molecular complexity index is 1070. The fourth-order valence-electron chi connectivity index (χ4n) is 6.12. The van der Waals surface area contributed by atoms with Crippen molar-refractivity contribution in [2.45, 2.75) is 49.5 Å². The number of nitrogens with zero attached hydrogens (tertiary/aromatic N) is 3. The lowest BCUT2D eigenvalue weighted by Gasteiger charge is -2.60. The Kier molecular flexibility index (Phi) is 4.51. The molecule has 1 spiro atoms. The highest BCUT2D eigenvalue weighted by Gasteiger charge is 2.65. The van der Waals surface area contributed by atoms with Gasteiger partial charge in [-0.05, 0) is 36.5 Å². The molecule has 166 valence electrons. The van der Waals surface area contributed by atoms with E-state index in [4.69, 9.17) is 0 Å². The average molecular weight is 435 g/mol. The molecule has 0 unspecified atom stereocenters. The number of rotatable bonds is 3. The first-order valence-electron chi connectivity index (χ1n) is 11.3. The number of carbonyl (C=O) groups is 2. The van der Waals surface area contributed by atoms with E-state index in [9.17, 15) is 19.1 Å². The van der Waals surface area contributed by atoms with Crippen LogP contribution < -0.4 is 0 Å². The minimum atomic E-state index is -0.823. The Morgan fingerprint density at radius 2 is 1.66 bits per heavy atom. The van der Waals surface area contributed by atoms with Crippen LogP contribution in [-0.2, 0) is 29.0 Å². The summed E-state index contributed by atoms with van der Waals surface area (Å²) in [5, 5.41) is 10.3. The predicted molar refractivity (Wildman–Crippen MR) is 115 cm³/mol. The molecule has 0 saturated carbocycles. The number of likely N-dealkylation sites (tertiary alicyclic amines) is 1. The lowest BCUT2D eigenvalue weighted by molar-refractivity contribution is -0.183. The Labute approximate surface area is 186 Å². The molecule has 3 saturated heterocycles. The Morgan fingerprint density at radius 3 is 2.34 bits per heavy atom. The third-order valence-electron chi connectivity index (χ3n) is 7.78. The first-order valence-corrected chi connectivity index (χ1v) is 11.3. The second-order valence-corrected chi connectivity index (χ2v) is 9.65. The monoisotopic (exact) mass is 435 g/mol. The van der Waals surface area contributed by atoms with Crippen molar-refractivity contribution in [1.82, 2.24) is 14.7 Å². The summed E-state index contributed by atoms with van der Waals surface area (Å²) in [6.07, 6.45) is 1.61. The summed E-state index contributed by atoms with van der Waals surface area (Å²) in [4.78, 5) is 32.4. The SMILES string of the molecule is O=C1[C@@H]2C[C@@H](O)CN2C2(CN(C3Cc4ccccc4C3)C2)C(=O)N1Cc1ccccc1F. The van der Waals surface area contributed by atoms with Crippen LogP contribution in [0.4, 0.5) is 4.39 Å². The second-order valence-electron chi connectivity index (χ2n) is 9.65. The fourth-order valence-corrected chi connectivity index (χ4v) is 6.12. The zero-order chi connectivity index (χ0) is 22.0. The lowest BCUT2D eigenvalue weighted by Crippen LogP contribution is -2.82. The molecule has 2 aromatic carbocycles. The van der Waals surface area contributed by atoms with Crippen LogP contribution in [-0.4, -0.2) is 75.0 Å². The second kappa shape index (κ2) is 7.20. The number of benzene rings is 2. The van der Waals surface area contributed by atoms with Crippen LogP contribution in [0.1, 0.15) is 23.1 Å². The van der Waals surface area contributed by atoms with E-state index in [1.807, 2.05) is 4.90 Å². The summed E-state index contributed by atoms with van der Waals surface area (Å²) < 4.78 is 14.3. The van der Waals surface area contributed by atoms with Gasteiger partial charge in [0.1, 0.15) is 11.4 Å². The molecule has 1 aliphatic carbocycles. The quantitative estimate of drug-likeness (QED) is 0.738. The first-order chi connectivity index (χ1) is 15.5.